The number of rotatable bonds is 30. The number of carboxylic acid groups (broad SMARTS) is 1. The molecule has 0 aliphatic carbocycles. The van der Waals surface area contributed by atoms with Crippen LogP contribution in [0.4, 0.5) is 0 Å². The Kier molecular flexibility index (Phi) is 29.2. The zero-order valence-corrected chi connectivity index (χ0v) is 25.5. The summed E-state index contributed by atoms with van der Waals surface area (Å²) < 4.78 is 5.91. The van der Waals surface area contributed by atoms with Gasteiger partial charge in [-0.1, -0.05) is 122 Å². The maximum atomic E-state index is 12.5. The highest BCUT2D eigenvalue weighted by atomic mass is 16.5. The molecule has 0 aromatic rings. The van der Waals surface area contributed by atoms with E-state index >= 15 is 0 Å². The van der Waals surface area contributed by atoms with Crippen molar-refractivity contribution in [3.05, 3.63) is 12.2 Å². The van der Waals surface area contributed by atoms with Crippen LogP contribution in [0.15, 0.2) is 12.2 Å². The van der Waals surface area contributed by atoms with E-state index in [1.807, 2.05) is 0 Å². The van der Waals surface area contributed by atoms with Crippen molar-refractivity contribution in [2.45, 2.75) is 193 Å². The van der Waals surface area contributed by atoms with E-state index in [0.29, 0.717) is 6.42 Å². The molecule has 4 heteroatoms. The van der Waals surface area contributed by atoms with Crippen LogP contribution in [0.5, 0.6) is 0 Å². The van der Waals surface area contributed by atoms with Gasteiger partial charge in [-0.3, -0.25) is 9.59 Å². The molecule has 0 saturated heterocycles. The molecular weight excluding hydrogens is 472 g/mol. The van der Waals surface area contributed by atoms with Crippen molar-refractivity contribution in [2.75, 3.05) is 0 Å². The average Bonchev–Trinajstić information content (AvgIpc) is 2.90. The van der Waals surface area contributed by atoms with Crippen LogP contribution in [0.1, 0.15) is 187 Å². The summed E-state index contributed by atoms with van der Waals surface area (Å²) in [6.45, 7) is 4.49. The number of carboxylic acids is 1. The molecule has 0 bridgehead atoms. The number of carbonyl (C=O) groups is 2. The van der Waals surface area contributed by atoms with Gasteiger partial charge in [-0.05, 0) is 64.2 Å². The minimum atomic E-state index is -0.695. The Bertz CT molecular complexity index is 543. The summed E-state index contributed by atoms with van der Waals surface area (Å²) in [4.78, 5) is 23.0. The first-order chi connectivity index (χ1) is 18.6. The third-order valence-electron chi connectivity index (χ3n) is 7.49. The number of hydrogen-bond donors (Lipinski definition) is 1. The zero-order valence-electron chi connectivity index (χ0n) is 25.5. The highest BCUT2D eigenvalue weighted by Crippen LogP contribution is 2.18. The lowest BCUT2D eigenvalue weighted by Gasteiger charge is -2.18. The fraction of sp³-hybridized carbons (Fsp3) is 0.882. The van der Waals surface area contributed by atoms with Crippen LogP contribution in [-0.4, -0.2) is 23.1 Å². The fourth-order valence-electron chi connectivity index (χ4n) is 5.00. The lowest BCUT2D eigenvalue weighted by Crippen LogP contribution is -2.18. The molecule has 0 saturated carbocycles. The molecule has 0 aromatic carbocycles. The maximum absolute atomic E-state index is 12.5. The van der Waals surface area contributed by atoms with E-state index in [0.717, 1.165) is 70.6 Å². The molecule has 1 N–H and O–H groups in total. The molecule has 0 rings (SSSR count). The van der Waals surface area contributed by atoms with Crippen molar-refractivity contribution < 1.29 is 19.4 Å². The predicted octanol–water partition coefficient (Wildman–Crippen LogP) is 11.1. The molecule has 0 radical (unpaired) electrons. The number of unbranched alkanes of at least 4 members (excludes halogenated alkanes) is 19. The molecule has 0 spiro atoms. The van der Waals surface area contributed by atoms with Crippen molar-refractivity contribution in [3.8, 4) is 0 Å². The first kappa shape index (κ1) is 36.7. The van der Waals surface area contributed by atoms with Crippen LogP contribution >= 0.6 is 0 Å². The van der Waals surface area contributed by atoms with Crippen molar-refractivity contribution >= 4 is 11.9 Å². The molecule has 0 heterocycles. The van der Waals surface area contributed by atoms with Gasteiger partial charge in [-0.2, -0.15) is 0 Å². The van der Waals surface area contributed by atoms with E-state index < -0.39 is 5.97 Å². The third kappa shape index (κ3) is 29.2. The molecule has 0 aromatic heterocycles. The van der Waals surface area contributed by atoms with Gasteiger partial charge in [-0.25, -0.2) is 0 Å². The van der Waals surface area contributed by atoms with E-state index in [2.05, 4.69) is 26.0 Å². The Balaban J connectivity index is 3.83. The normalized spacial score (nSPS) is 12.3. The van der Waals surface area contributed by atoms with Gasteiger partial charge >= 0.3 is 11.9 Å². The van der Waals surface area contributed by atoms with E-state index in [4.69, 9.17) is 9.84 Å². The molecule has 1 unspecified atom stereocenters. The van der Waals surface area contributed by atoms with Gasteiger partial charge in [0.1, 0.15) is 6.10 Å². The monoisotopic (exact) mass is 536 g/mol. The molecule has 4 nitrogen and oxygen atoms in total. The van der Waals surface area contributed by atoms with Gasteiger partial charge < -0.3 is 9.84 Å². The van der Waals surface area contributed by atoms with Gasteiger partial charge in [0.25, 0.3) is 0 Å². The Hall–Kier alpha value is -1.32. The summed E-state index contributed by atoms with van der Waals surface area (Å²) in [5, 5.41) is 8.71. The number of allylic oxidation sites excluding steroid dienone is 2. The maximum Gasteiger partial charge on any atom is 0.306 e. The van der Waals surface area contributed by atoms with E-state index in [1.54, 1.807) is 0 Å². The van der Waals surface area contributed by atoms with Crippen molar-refractivity contribution in [2.24, 2.45) is 0 Å². The lowest BCUT2D eigenvalue weighted by atomic mass is 10.0. The van der Waals surface area contributed by atoms with Gasteiger partial charge in [0.2, 0.25) is 0 Å². The average molecular weight is 537 g/mol. The number of ether oxygens (including phenoxy) is 1. The first-order valence-electron chi connectivity index (χ1n) is 16.7. The summed E-state index contributed by atoms with van der Waals surface area (Å²) >= 11 is 0. The predicted molar refractivity (Wildman–Crippen MR) is 163 cm³/mol. The number of carbonyl (C=O) groups excluding carboxylic acids is 1. The van der Waals surface area contributed by atoms with Crippen LogP contribution in [0.25, 0.3) is 0 Å². The summed E-state index contributed by atoms with van der Waals surface area (Å²) in [5.74, 6) is -0.698. The second-order valence-corrected chi connectivity index (χ2v) is 11.3. The smallest absolute Gasteiger partial charge is 0.306 e. The molecule has 0 amide bonds. The highest BCUT2D eigenvalue weighted by molar-refractivity contribution is 5.69. The Labute approximate surface area is 236 Å². The standard InChI is InChI=1S/C34H64O4/c1-3-5-7-9-10-11-12-13-14-15-16-17-18-23-27-31-34(37)38-32(28-24-8-6-4-2)29-25-21-19-20-22-26-30-33(35)36/h13-14,32H,3-12,15-31H2,1-2H3,(H,35,36)/b14-13-. The molecule has 224 valence electrons. The Morgan fingerprint density at radius 2 is 0.947 bits per heavy atom. The number of hydrogen-bond acceptors (Lipinski definition) is 3. The van der Waals surface area contributed by atoms with Gasteiger partial charge in [0, 0.05) is 12.8 Å². The SMILES string of the molecule is CCCCCCCC/C=C\CCCCCCCC(=O)OC(CCCCCC)CCCCCCCCC(=O)O. The number of aliphatic carboxylic acids is 1. The van der Waals surface area contributed by atoms with Crippen LogP contribution < -0.4 is 0 Å². The Morgan fingerprint density at radius 3 is 1.45 bits per heavy atom. The quantitative estimate of drug-likeness (QED) is 0.0563. The molecule has 38 heavy (non-hydrogen) atoms. The van der Waals surface area contributed by atoms with Crippen molar-refractivity contribution in [1.29, 1.82) is 0 Å². The molecule has 1 atom stereocenters. The third-order valence-corrected chi connectivity index (χ3v) is 7.49. The van der Waals surface area contributed by atoms with Gasteiger partial charge in [0.15, 0.2) is 0 Å². The van der Waals surface area contributed by atoms with Crippen LogP contribution in [0.3, 0.4) is 0 Å². The highest BCUT2D eigenvalue weighted by Gasteiger charge is 2.14. The van der Waals surface area contributed by atoms with Crippen molar-refractivity contribution in [1.82, 2.24) is 0 Å². The molecule has 0 aliphatic heterocycles. The minimum Gasteiger partial charge on any atom is -0.481 e. The lowest BCUT2D eigenvalue weighted by molar-refractivity contribution is -0.150. The number of esters is 1. The van der Waals surface area contributed by atoms with Gasteiger partial charge in [-0.15, -0.1) is 0 Å². The van der Waals surface area contributed by atoms with E-state index in [-0.39, 0.29) is 18.5 Å². The first-order valence-corrected chi connectivity index (χ1v) is 16.7. The topological polar surface area (TPSA) is 63.6 Å². The molecule has 0 fully saturated rings. The molecular formula is C34H64O4. The second-order valence-electron chi connectivity index (χ2n) is 11.3. The fourth-order valence-corrected chi connectivity index (χ4v) is 5.00. The zero-order chi connectivity index (χ0) is 27.9. The summed E-state index contributed by atoms with van der Waals surface area (Å²) in [6.07, 6.45) is 35.2. The summed E-state index contributed by atoms with van der Waals surface area (Å²) in [7, 11) is 0. The van der Waals surface area contributed by atoms with Crippen molar-refractivity contribution in [3.63, 3.8) is 0 Å². The van der Waals surface area contributed by atoms with Crippen LogP contribution in [0.2, 0.25) is 0 Å². The summed E-state index contributed by atoms with van der Waals surface area (Å²) in [5.41, 5.74) is 0. The largest absolute Gasteiger partial charge is 0.481 e. The second kappa shape index (κ2) is 30.2. The van der Waals surface area contributed by atoms with Gasteiger partial charge in [0.05, 0.1) is 0 Å². The van der Waals surface area contributed by atoms with E-state index in [9.17, 15) is 9.59 Å². The minimum absolute atomic E-state index is 0.00297. The van der Waals surface area contributed by atoms with Crippen LogP contribution in [-0.2, 0) is 14.3 Å². The van der Waals surface area contributed by atoms with Crippen LogP contribution in [0, 0.1) is 0 Å². The Morgan fingerprint density at radius 1 is 0.553 bits per heavy atom. The molecule has 0 aliphatic rings. The van der Waals surface area contributed by atoms with E-state index in [1.165, 1.54) is 89.9 Å². The summed E-state index contributed by atoms with van der Waals surface area (Å²) in [6, 6.07) is 0.